The molecular weight excluding hydrogens is 369 g/mol. The van der Waals surface area contributed by atoms with Crippen molar-refractivity contribution in [2.24, 2.45) is 11.4 Å². The molecule has 130 valence electrons. The zero-order valence-electron chi connectivity index (χ0n) is 13.2. The quantitative estimate of drug-likeness (QED) is 0.824. The zero-order valence-corrected chi connectivity index (χ0v) is 14.8. The average Bonchev–Trinajstić information content (AvgIpc) is 2.99. The first-order valence-electron chi connectivity index (χ1n) is 7.07. The van der Waals surface area contributed by atoms with Gasteiger partial charge in [0.05, 0.1) is 17.8 Å². The molecule has 3 rings (SSSR count). The first-order chi connectivity index (χ1) is 11.9. The van der Waals surface area contributed by atoms with Crippen molar-refractivity contribution in [1.29, 1.82) is 0 Å². The van der Waals surface area contributed by atoms with Gasteiger partial charge in [0.2, 0.25) is 11.5 Å². The molecule has 2 heterocycles. The summed E-state index contributed by atoms with van der Waals surface area (Å²) >= 11 is 3.95. The minimum Gasteiger partial charge on any atom is -0.566 e. The van der Waals surface area contributed by atoms with E-state index < -0.39 is 23.3 Å². The number of benzene rings is 1. The van der Waals surface area contributed by atoms with E-state index in [9.17, 15) is 13.7 Å². The third-order valence-corrected chi connectivity index (χ3v) is 4.82. The Hall–Kier alpha value is -2.36. The number of aromatic nitrogens is 2. The first kappa shape index (κ1) is 17.5. The Kier molecular flexibility index (Phi) is 4.80. The molecule has 0 fully saturated rings. The van der Waals surface area contributed by atoms with Crippen LogP contribution < -0.4 is 5.32 Å². The summed E-state index contributed by atoms with van der Waals surface area (Å²) in [5, 5.41) is 6.53. The molecule has 1 aliphatic rings. The number of nitrogens with one attached hydrogen (secondary N) is 1. The smallest absolute Gasteiger partial charge is 0.276 e. The average molecular weight is 382 g/mol. The Morgan fingerprint density at radius 3 is 2.76 bits per heavy atom. The number of likely N-dealkylation sites (N-methyl/N-ethyl adjacent to an activating group) is 1. The Morgan fingerprint density at radius 1 is 1.36 bits per heavy atom. The van der Waals surface area contributed by atoms with Crippen LogP contribution in [0.15, 0.2) is 46.6 Å². The lowest BCUT2D eigenvalue weighted by Crippen LogP contribution is -2.36. The predicted octanol–water partition coefficient (Wildman–Crippen LogP) is 2.05. The maximum absolute atomic E-state index is 13.2. The van der Waals surface area contributed by atoms with Crippen LogP contribution in [-0.4, -0.2) is 37.3 Å². The molecule has 0 saturated carbocycles. The molecule has 1 aromatic heterocycles. The van der Waals surface area contributed by atoms with Gasteiger partial charge >= 0.3 is 0 Å². The van der Waals surface area contributed by atoms with E-state index in [-0.39, 0.29) is 10.7 Å². The number of anilines is 1. The SMILES string of the molecule is CN1C(C(=O)Nc2ccc(F)c(Cl)c2)=CC(c2ccnn2C)=N[S+]1[O-]. The van der Waals surface area contributed by atoms with Gasteiger partial charge in [0.1, 0.15) is 11.5 Å². The van der Waals surface area contributed by atoms with E-state index in [1.54, 1.807) is 24.0 Å². The number of amides is 1. The summed E-state index contributed by atoms with van der Waals surface area (Å²) in [7, 11) is 3.20. The molecule has 2 aromatic rings. The molecule has 0 bridgehead atoms. The van der Waals surface area contributed by atoms with Crippen molar-refractivity contribution < 1.29 is 13.7 Å². The Balaban J connectivity index is 1.89. The molecule has 1 N–H and O–H groups in total. The second-order valence-electron chi connectivity index (χ2n) is 5.16. The van der Waals surface area contributed by atoms with Gasteiger partial charge in [-0.05, 0) is 28.7 Å². The van der Waals surface area contributed by atoms with Gasteiger partial charge in [0.15, 0.2) is 5.70 Å². The lowest BCUT2D eigenvalue weighted by molar-refractivity contribution is -0.113. The summed E-state index contributed by atoms with van der Waals surface area (Å²) in [4.78, 5) is 12.6. The van der Waals surface area contributed by atoms with Crippen LogP contribution in [0.3, 0.4) is 0 Å². The van der Waals surface area contributed by atoms with Gasteiger partial charge in [-0.15, -0.1) is 0 Å². The van der Waals surface area contributed by atoms with Crippen LogP contribution in [0.25, 0.3) is 0 Å². The third-order valence-electron chi connectivity index (χ3n) is 3.52. The maximum Gasteiger partial charge on any atom is 0.276 e. The minimum absolute atomic E-state index is 0.107. The van der Waals surface area contributed by atoms with E-state index in [0.717, 1.165) is 6.07 Å². The van der Waals surface area contributed by atoms with Crippen molar-refractivity contribution in [3.63, 3.8) is 0 Å². The van der Waals surface area contributed by atoms with E-state index in [0.29, 0.717) is 17.1 Å². The summed E-state index contributed by atoms with van der Waals surface area (Å²) in [6, 6.07) is 5.53. The van der Waals surface area contributed by atoms with E-state index >= 15 is 0 Å². The van der Waals surface area contributed by atoms with Gasteiger partial charge in [-0.2, -0.15) is 9.40 Å². The predicted molar refractivity (Wildman–Crippen MR) is 93.8 cm³/mol. The number of carbonyl (C=O) groups is 1. The third kappa shape index (κ3) is 3.53. The fourth-order valence-corrected chi connectivity index (χ4v) is 3.12. The van der Waals surface area contributed by atoms with Crippen molar-refractivity contribution in [3.05, 3.63) is 58.8 Å². The fourth-order valence-electron chi connectivity index (χ4n) is 2.20. The molecule has 0 radical (unpaired) electrons. The summed E-state index contributed by atoms with van der Waals surface area (Å²) in [6.07, 6.45) is 3.09. The Morgan fingerprint density at radius 2 is 2.12 bits per heavy atom. The lowest BCUT2D eigenvalue weighted by atomic mass is 10.2. The second-order valence-corrected chi connectivity index (χ2v) is 6.76. The van der Waals surface area contributed by atoms with Gasteiger partial charge in [-0.25, -0.2) is 4.39 Å². The van der Waals surface area contributed by atoms with E-state index in [2.05, 4.69) is 14.8 Å². The van der Waals surface area contributed by atoms with Crippen LogP contribution in [0.1, 0.15) is 5.69 Å². The lowest BCUT2D eigenvalue weighted by Gasteiger charge is -2.23. The first-order valence-corrected chi connectivity index (χ1v) is 8.52. The number of nitrogens with zero attached hydrogens (tertiary/aromatic N) is 4. The van der Waals surface area contributed by atoms with Gasteiger partial charge in [0.25, 0.3) is 5.91 Å². The molecule has 7 nitrogen and oxygen atoms in total. The van der Waals surface area contributed by atoms with Gasteiger partial charge in [0, 0.05) is 25.0 Å². The van der Waals surface area contributed by atoms with Gasteiger partial charge < -0.3 is 9.87 Å². The number of allylic oxidation sites excluding steroid dienone is 1. The minimum atomic E-state index is -1.76. The standard InChI is InChI=1S/C15H13ClFN5O2S/c1-21-13(5-6-18-21)12-8-14(22(2)25(24)20-12)15(23)19-9-3-4-11(17)10(16)7-9/h3-8H,1-2H3,(H,19,23). The Labute approximate surface area is 151 Å². The highest BCUT2D eigenvalue weighted by atomic mass is 35.5. The largest absolute Gasteiger partial charge is 0.566 e. The summed E-state index contributed by atoms with van der Waals surface area (Å²) in [6.45, 7) is 0. The number of hydrogen-bond acceptors (Lipinski definition) is 5. The van der Waals surface area contributed by atoms with E-state index in [1.165, 1.54) is 29.6 Å². The van der Waals surface area contributed by atoms with Crippen molar-refractivity contribution in [3.8, 4) is 0 Å². The normalized spacial score (nSPS) is 17.2. The summed E-state index contributed by atoms with van der Waals surface area (Å²) in [5.41, 5.74) is 1.46. The van der Waals surface area contributed by atoms with Crippen molar-refractivity contribution in [2.45, 2.75) is 0 Å². The molecule has 0 aliphatic carbocycles. The molecule has 1 aliphatic heterocycles. The molecule has 0 saturated heterocycles. The molecule has 1 amide bonds. The van der Waals surface area contributed by atoms with Crippen molar-refractivity contribution in [1.82, 2.24) is 14.1 Å². The van der Waals surface area contributed by atoms with Crippen LogP contribution in [0.4, 0.5) is 10.1 Å². The fraction of sp³-hybridized carbons (Fsp3) is 0.133. The Bertz CT molecular complexity index is 898. The van der Waals surface area contributed by atoms with Crippen LogP contribution in [-0.2, 0) is 23.4 Å². The highest BCUT2D eigenvalue weighted by Crippen LogP contribution is 2.23. The summed E-state index contributed by atoms with van der Waals surface area (Å²) < 4.78 is 32.3. The molecule has 1 unspecified atom stereocenters. The number of halogens is 2. The number of carbonyl (C=O) groups excluding carboxylic acids is 1. The summed E-state index contributed by atoms with van der Waals surface area (Å²) in [5.74, 6) is -1.10. The van der Waals surface area contributed by atoms with E-state index in [1.807, 2.05) is 0 Å². The molecule has 25 heavy (non-hydrogen) atoms. The number of hydrogen-bond donors (Lipinski definition) is 1. The maximum atomic E-state index is 13.2. The van der Waals surface area contributed by atoms with Crippen LogP contribution in [0.2, 0.25) is 5.02 Å². The zero-order chi connectivity index (χ0) is 18.1. The van der Waals surface area contributed by atoms with E-state index in [4.69, 9.17) is 11.6 Å². The molecule has 10 heteroatoms. The number of aryl methyl sites for hydroxylation is 1. The van der Waals surface area contributed by atoms with Crippen LogP contribution >= 0.6 is 11.6 Å². The monoisotopic (exact) mass is 381 g/mol. The molecule has 1 aromatic carbocycles. The molecule has 0 spiro atoms. The van der Waals surface area contributed by atoms with Crippen molar-refractivity contribution in [2.75, 3.05) is 12.4 Å². The van der Waals surface area contributed by atoms with Gasteiger partial charge in [-0.1, -0.05) is 11.6 Å². The molecular formula is C15H13ClFN5O2S. The highest BCUT2D eigenvalue weighted by Gasteiger charge is 2.31. The van der Waals surface area contributed by atoms with Crippen LogP contribution in [0, 0.1) is 5.82 Å². The molecule has 1 atom stereocenters. The second kappa shape index (κ2) is 6.87. The number of rotatable bonds is 3. The topological polar surface area (TPSA) is 85.6 Å². The van der Waals surface area contributed by atoms with Crippen molar-refractivity contribution >= 4 is 40.5 Å². The van der Waals surface area contributed by atoms with Crippen LogP contribution in [0.5, 0.6) is 0 Å². The van der Waals surface area contributed by atoms with Gasteiger partial charge in [-0.3, -0.25) is 9.48 Å². The highest BCUT2D eigenvalue weighted by molar-refractivity contribution is 7.88.